The molecule has 1 amide bonds. The topological polar surface area (TPSA) is 73.8 Å². The number of nitrogens with zero attached hydrogens (tertiary/aromatic N) is 4. The predicted octanol–water partition coefficient (Wildman–Crippen LogP) is 1.76. The fourth-order valence-corrected chi connectivity index (χ4v) is 3.65. The summed E-state index contributed by atoms with van der Waals surface area (Å²) in [7, 11) is 1.80. The molecular weight excluding hydrogens is 373 g/mol. The van der Waals surface area contributed by atoms with Crippen molar-refractivity contribution in [1.29, 1.82) is 0 Å². The number of aryl methyl sites for hydroxylation is 1. The molecule has 2 aliphatic rings. The molecule has 0 aliphatic carbocycles. The first kappa shape index (κ1) is 17.4. The van der Waals surface area contributed by atoms with Crippen LogP contribution in [-0.4, -0.2) is 28.1 Å². The summed E-state index contributed by atoms with van der Waals surface area (Å²) < 4.78 is 14.4. The third-order valence-corrected chi connectivity index (χ3v) is 5.26. The summed E-state index contributed by atoms with van der Waals surface area (Å²) in [5.41, 5.74) is 4.58. The quantitative estimate of drug-likeness (QED) is 0.723. The van der Waals surface area contributed by atoms with E-state index in [-0.39, 0.29) is 11.6 Å². The third kappa shape index (κ3) is 2.84. The lowest BCUT2D eigenvalue weighted by molar-refractivity contribution is -0.130. The molecule has 0 bridgehead atoms. The van der Waals surface area contributed by atoms with E-state index in [9.17, 15) is 9.18 Å². The van der Waals surface area contributed by atoms with E-state index in [4.69, 9.17) is 4.84 Å². The van der Waals surface area contributed by atoms with Crippen LogP contribution < -0.4 is 15.9 Å². The maximum absolute atomic E-state index is 14.4. The van der Waals surface area contributed by atoms with Gasteiger partial charge in [-0.1, -0.05) is 29.4 Å². The highest BCUT2D eigenvalue weighted by Crippen LogP contribution is 2.26. The number of amides is 1. The summed E-state index contributed by atoms with van der Waals surface area (Å²) in [4.78, 5) is 19.1. The molecule has 8 heteroatoms. The number of hydrogen-bond acceptors (Lipinski definition) is 5. The van der Waals surface area contributed by atoms with Crippen molar-refractivity contribution in [2.75, 3.05) is 12.2 Å². The fourth-order valence-electron chi connectivity index (χ4n) is 3.65. The molecule has 0 spiro atoms. The van der Waals surface area contributed by atoms with Gasteiger partial charge in [0.25, 0.3) is 0 Å². The molecule has 2 aromatic carbocycles. The molecule has 3 aromatic rings. The molecule has 1 aromatic heterocycles. The zero-order chi connectivity index (χ0) is 20.1. The molecule has 1 N–H and O–H groups in total. The van der Waals surface area contributed by atoms with Crippen LogP contribution in [0.2, 0.25) is 0 Å². The lowest BCUT2D eigenvalue weighted by atomic mass is 9.96. The van der Waals surface area contributed by atoms with Gasteiger partial charge in [-0.05, 0) is 35.7 Å². The van der Waals surface area contributed by atoms with Crippen molar-refractivity contribution in [3.8, 4) is 11.3 Å². The van der Waals surface area contributed by atoms with E-state index in [2.05, 4.69) is 15.3 Å². The summed E-state index contributed by atoms with van der Waals surface area (Å²) in [6, 6.07) is 10.7. The van der Waals surface area contributed by atoms with Crippen molar-refractivity contribution >= 4 is 17.9 Å². The maximum atomic E-state index is 14.4. The molecule has 146 valence electrons. The molecular formula is C21H18FN5O2. The highest BCUT2D eigenvalue weighted by Gasteiger charge is 2.22. The first-order valence-electron chi connectivity index (χ1n) is 9.22. The second-order valence-corrected chi connectivity index (χ2v) is 7.25. The van der Waals surface area contributed by atoms with Crippen LogP contribution in [0.15, 0.2) is 41.5 Å². The van der Waals surface area contributed by atoms with Crippen molar-refractivity contribution in [3.05, 3.63) is 69.6 Å². The van der Waals surface area contributed by atoms with Gasteiger partial charge in [-0.15, -0.1) is 5.10 Å². The van der Waals surface area contributed by atoms with Crippen LogP contribution >= 0.6 is 0 Å². The van der Waals surface area contributed by atoms with Crippen LogP contribution in [0.3, 0.4) is 0 Å². The van der Waals surface area contributed by atoms with Crippen LogP contribution in [0.5, 0.6) is 0 Å². The number of carbonyl (C=O) groups excluding carboxylic acids is 1. The Bertz CT molecular complexity index is 1250. The number of fused-ring (bicyclic) bond motifs is 2. The standard InChI is InChI=1S/C21H18FN5O2/c1-12-4-3-5-16(22)21(12)27-25-20-17(11-29-27)23-24-19(20)14-7-6-13-9-18(28)26(2)10-15(13)8-14/h3-8,11,23H,9-10H2,1-2H3. The minimum atomic E-state index is -0.419. The predicted molar refractivity (Wildman–Crippen MR) is 104 cm³/mol. The number of nitrogens with one attached hydrogen (secondary N) is 1. The van der Waals surface area contributed by atoms with E-state index >= 15 is 0 Å². The van der Waals surface area contributed by atoms with Gasteiger partial charge in [-0.3, -0.25) is 9.89 Å². The smallest absolute Gasteiger partial charge is 0.227 e. The Balaban J connectivity index is 1.60. The number of H-pyrrole nitrogens is 1. The normalized spacial score (nSPS) is 15.2. The van der Waals surface area contributed by atoms with Gasteiger partial charge in [0.1, 0.15) is 28.3 Å². The van der Waals surface area contributed by atoms with Crippen molar-refractivity contribution in [3.63, 3.8) is 0 Å². The van der Waals surface area contributed by atoms with E-state index in [1.54, 1.807) is 31.0 Å². The Morgan fingerprint density at radius 3 is 2.90 bits per heavy atom. The number of carbonyl (C=O) groups is 1. The molecule has 2 aliphatic heterocycles. The Labute approximate surface area is 165 Å². The van der Waals surface area contributed by atoms with E-state index in [0.717, 1.165) is 16.7 Å². The molecule has 0 fully saturated rings. The second kappa shape index (κ2) is 6.44. The molecule has 0 unspecified atom stereocenters. The number of aromatic nitrogens is 2. The highest BCUT2D eigenvalue weighted by molar-refractivity contribution is 5.81. The average molecular weight is 391 g/mol. The largest absolute Gasteiger partial charge is 0.363 e. The van der Waals surface area contributed by atoms with Crippen LogP contribution in [0.1, 0.15) is 16.7 Å². The van der Waals surface area contributed by atoms with Crippen molar-refractivity contribution < 1.29 is 14.0 Å². The summed E-state index contributed by atoms with van der Waals surface area (Å²) in [6.07, 6.45) is 1.87. The Kier molecular flexibility index (Phi) is 3.87. The Hall–Kier alpha value is -3.68. The number of rotatable bonds is 2. The number of anilines is 1. The van der Waals surface area contributed by atoms with Gasteiger partial charge in [0.05, 0.1) is 6.42 Å². The van der Waals surface area contributed by atoms with Gasteiger partial charge >= 0.3 is 0 Å². The minimum absolute atomic E-state index is 0.111. The SMILES string of the molecule is Cc1cccc(F)c1N1N=c2c(-c3ccc4c(c3)CN(C)C(=O)C4)n[nH]c2=CO1. The zero-order valence-corrected chi connectivity index (χ0v) is 15.9. The van der Waals surface area contributed by atoms with Gasteiger partial charge < -0.3 is 9.74 Å². The van der Waals surface area contributed by atoms with Crippen molar-refractivity contribution in [1.82, 2.24) is 15.1 Å². The molecule has 0 atom stereocenters. The summed E-state index contributed by atoms with van der Waals surface area (Å²) in [6.45, 7) is 2.35. The first-order chi connectivity index (χ1) is 14.0. The first-order valence-corrected chi connectivity index (χ1v) is 9.22. The van der Waals surface area contributed by atoms with E-state index in [0.29, 0.717) is 34.9 Å². The lowest BCUT2D eigenvalue weighted by Gasteiger charge is -2.25. The molecule has 0 saturated heterocycles. The molecule has 7 nitrogen and oxygen atoms in total. The summed E-state index contributed by atoms with van der Waals surface area (Å²) in [5, 5.41) is 14.2. The van der Waals surface area contributed by atoms with Gasteiger partial charge in [0.15, 0.2) is 5.82 Å². The summed E-state index contributed by atoms with van der Waals surface area (Å²) in [5.74, 6) is -0.308. The van der Waals surface area contributed by atoms with Gasteiger partial charge in [0.2, 0.25) is 5.91 Å². The van der Waals surface area contributed by atoms with Gasteiger partial charge in [-0.2, -0.15) is 5.10 Å². The lowest BCUT2D eigenvalue weighted by Crippen LogP contribution is -2.35. The number of likely N-dealkylation sites (N-methyl/N-ethyl adjacent to an activating group) is 1. The average Bonchev–Trinajstić information content (AvgIpc) is 3.12. The van der Waals surface area contributed by atoms with Crippen LogP contribution in [0.25, 0.3) is 17.5 Å². The Morgan fingerprint density at radius 2 is 2.07 bits per heavy atom. The number of halogens is 1. The van der Waals surface area contributed by atoms with Crippen LogP contribution in [0.4, 0.5) is 10.1 Å². The highest BCUT2D eigenvalue weighted by atomic mass is 19.1. The monoisotopic (exact) mass is 391 g/mol. The Morgan fingerprint density at radius 1 is 1.21 bits per heavy atom. The van der Waals surface area contributed by atoms with Crippen molar-refractivity contribution in [2.24, 2.45) is 5.10 Å². The molecule has 0 saturated carbocycles. The minimum Gasteiger partial charge on any atom is -0.363 e. The number of hydrogen-bond donors (Lipinski definition) is 1. The third-order valence-electron chi connectivity index (χ3n) is 5.26. The fraction of sp³-hybridized carbons (Fsp3) is 0.190. The molecule has 0 radical (unpaired) electrons. The molecule has 29 heavy (non-hydrogen) atoms. The number of aromatic amines is 1. The van der Waals surface area contributed by atoms with Gasteiger partial charge in [-0.25, -0.2) is 4.39 Å². The van der Waals surface area contributed by atoms with Crippen LogP contribution in [0, 0.1) is 12.7 Å². The van der Waals surface area contributed by atoms with Crippen molar-refractivity contribution in [2.45, 2.75) is 19.9 Å². The second-order valence-electron chi connectivity index (χ2n) is 7.25. The summed E-state index contributed by atoms with van der Waals surface area (Å²) >= 11 is 0. The number of para-hydroxylation sites is 1. The molecule has 5 rings (SSSR count). The van der Waals surface area contributed by atoms with Gasteiger partial charge in [0, 0.05) is 19.2 Å². The van der Waals surface area contributed by atoms with E-state index < -0.39 is 5.82 Å². The maximum Gasteiger partial charge on any atom is 0.227 e. The van der Waals surface area contributed by atoms with Crippen LogP contribution in [-0.2, 0) is 22.6 Å². The molecule has 3 heterocycles. The zero-order valence-electron chi connectivity index (χ0n) is 15.9. The van der Waals surface area contributed by atoms with E-state index in [1.807, 2.05) is 18.2 Å². The number of benzene rings is 2. The van der Waals surface area contributed by atoms with E-state index in [1.165, 1.54) is 17.5 Å².